The molecule has 9 heteroatoms. The largest absolute Gasteiger partial charge is 0.326 e. The molecule has 0 unspecified atom stereocenters. The first kappa shape index (κ1) is 19.9. The molecule has 1 fully saturated rings. The maximum atomic E-state index is 13.7. The van der Waals surface area contributed by atoms with Crippen LogP contribution in [0.1, 0.15) is 18.4 Å². The highest BCUT2D eigenvalue weighted by molar-refractivity contribution is 5.95. The Kier molecular flexibility index (Phi) is 6.33. The third kappa shape index (κ3) is 4.39. The summed E-state index contributed by atoms with van der Waals surface area (Å²) in [7, 11) is 1.84. The molecule has 1 aromatic heterocycles. The normalized spacial score (nSPS) is 18.9. The highest BCUT2D eigenvalue weighted by Crippen LogP contribution is 2.29. The van der Waals surface area contributed by atoms with Crippen LogP contribution in [0, 0.1) is 11.7 Å². The molecule has 0 spiro atoms. The number of aryl methyl sites for hydroxylation is 1. The van der Waals surface area contributed by atoms with E-state index < -0.39 is 5.82 Å². The first-order valence-electron chi connectivity index (χ1n) is 8.01. The molecule has 0 bridgehead atoms. The lowest BCUT2D eigenvalue weighted by Gasteiger charge is -2.17. The zero-order chi connectivity index (χ0) is 18.0. The smallest absolute Gasteiger partial charge is 0.229 e. The van der Waals surface area contributed by atoms with Gasteiger partial charge in [0, 0.05) is 44.9 Å². The maximum absolute atomic E-state index is 13.7. The van der Waals surface area contributed by atoms with Gasteiger partial charge < -0.3 is 16.0 Å². The van der Waals surface area contributed by atoms with Gasteiger partial charge in [-0.05, 0) is 23.8 Å². The number of carbonyl (C=O) groups excluding carboxylic acids is 2. The van der Waals surface area contributed by atoms with Crippen LogP contribution in [-0.2, 0) is 16.6 Å². The Labute approximate surface area is 156 Å². The number of nitrogens with one attached hydrogen (secondary N) is 3. The second kappa shape index (κ2) is 8.29. The lowest BCUT2D eigenvalue weighted by atomic mass is 9.90. The summed E-state index contributed by atoms with van der Waals surface area (Å²) in [6.45, 7) is 2.56. The van der Waals surface area contributed by atoms with Crippen molar-refractivity contribution < 1.29 is 14.0 Å². The van der Waals surface area contributed by atoms with Crippen molar-refractivity contribution in [3.05, 3.63) is 42.0 Å². The second-order valence-corrected chi connectivity index (χ2v) is 6.18. The Morgan fingerprint density at radius 3 is 2.73 bits per heavy atom. The molecule has 3 rings (SSSR count). The van der Waals surface area contributed by atoms with E-state index >= 15 is 0 Å². The lowest BCUT2D eigenvalue weighted by Crippen LogP contribution is -2.28. The summed E-state index contributed by atoms with van der Waals surface area (Å²) in [4.78, 5) is 23.8. The monoisotopic (exact) mass is 381 g/mol. The number of carbonyl (C=O) groups is 2. The summed E-state index contributed by atoms with van der Waals surface area (Å²) >= 11 is 0. The van der Waals surface area contributed by atoms with Gasteiger partial charge in [-0.2, -0.15) is 5.10 Å². The van der Waals surface area contributed by atoms with Crippen molar-refractivity contribution in [2.24, 2.45) is 13.0 Å². The van der Waals surface area contributed by atoms with E-state index in [0.717, 1.165) is 5.56 Å². The average molecular weight is 382 g/mol. The Morgan fingerprint density at radius 1 is 1.31 bits per heavy atom. The summed E-state index contributed by atoms with van der Waals surface area (Å²) in [5.41, 5.74) is 1.48. The number of hydrogen-bond donors (Lipinski definition) is 3. The molecule has 2 atom stereocenters. The molecule has 26 heavy (non-hydrogen) atoms. The van der Waals surface area contributed by atoms with Crippen molar-refractivity contribution in [3.8, 4) is 0 Å². The highest BCUT2D eigenvalue weighted by Gasteiger charge is 2.34. The van der Waals surface area contributed by atoms with Crippen molar-refractivity contribution in [1.29, 1.82) is 0 Å². The molecule has 1 saturated heterocycles. The minimum Gasteiger partial charge on any atom is -0.326 e. The topological polar surface area (TPSA) is 88.1 Å². The van der Waals surface area contributed by atoms with Crippen LogP contribution in [0.15, 0.2) is 30.6 Å². The van der Waals surface area contributed by atoms with Gasteiger partial charge in [0.05, 0.1) is 17.8 Å². The van der Waals surface area contributed by atoms with Gasteiger partial charge in [0.1, 0.15) is 5.82 Å². The summed E-state index contributed by atoms with van der Waals surface area (Å²) in [5, 5.41) is 12.6. The van der Waals surface area contributed by atoms with Gasteiger partial charge in [0.15, 0.2) is 0 Å². The number of halogens is 2. The molecule has 7 nitrogen and oxygen atoms in total. The SMILES string of the molecule is CC(=O)Nc1cc(NC(=O)[C@H]2CNC[C@@H]2c2cnn(C)c2)ccc1F.Cl. The van der Waals surface area contributed by atoms with Crippen LogP contribution in [0.2, 0.25) is 0 Å². The van der Waals surface area contributed by atoms with E-state index in [0.29, 0.717) is 18.8 Å². The van der Waals surface area contributed by atoms with Gasteiger partial charge in [0.2, 0.25) is 11.8 Å². The molecular weight excluding hydrogens is 361 g/mol. The molecule has 3 N–H and O–H groups in total. The Balaban J connectivity index is 0.00000243. The number of anilines is 2. The average Bonchev–Trinajstić information content (AvgIpc) is 3.18. The van der Waals surface area contributed by atoms with Gasteiger partial charge >= 0.3 is 0 Å². The molecule has 1 aromatic carbocycles. The summed E-state index contributed by atoms with van der Waals surface area (Å²) in [6, 6.07) is 4.10. The van der Waals surface area contributed by atoms with Crippen LogP contribution in [0.3, 0.4) is 0 Å². The second-order valence-electron chi connectivity index (χ2n) is 6.18. The predicted octanol–water partition coefficient (Wildman–Crippen LogP) is 1.88. The van der Waals surface area contributed by atoms with Crippen LogP contribution in [0.25, 0.3) is 0 Å². The predicted molar refractivity (Wildman–Crippen MR) is 98.9 cm³/mol. The Hall–Kier alpha value is -2.45. The number of benzene rings is 1. The summed E-state index contributed by atoms with van der Waals surface area (Å²) < 4.78 is 15.4. The van der Waals surface area contributed by atoms with Crippen LogP contribution in [-0.4, -0.2) is 34.7 Å². The minimum atomic E-state index is -0.552. The van der Waals surface area contributed by atoms with Gasteiger partial charge in [-0.15, -0.1) is 12.4 Å². The summed E-state index contributed by atoms with van der Waals surface area (Å²) in [5.74, 6) is -1.30. The zero-order valence-electron chi connectivity index (χ0n) is 14.5. The lowest BCUT2D eigenvalue weighted by molar-refractivity contribution is -0.119. The van der Waals surface area contributed by atoms with Gasteiger partial charge in [-0.25, -0.2) is 4.39 Å². The first-order valence-corrected chi connectivity index (χ1v) is 8.01. The number of amides is 2. The van der Waals surface area contributed by atoms with E-state index in [1.165, 1.54) is 25.1 Å². The van der Waals surface area contributed by atoms with Gasteiger partial charge in [0.25, 0.3) is 0 Å². The zero-order valence-corrected chi connectivity index (χ0v) is 15.3. The van der Waals surface area contributed by atoms with Gasteiger partial charge in [-0.1, -0.05) is 0 Å². The number of nitrogens with zero attached hydrogens (tertiary/aromatic N) is 2. The molecule has 140 valence electrons. The van der Waals surface area contributed by atoms with E-state index in [1.54, 1.807) is 10.9 Å². The number of rotatable bonds is 4. The standard InChI is InChI=1S/C17H20FN5O2.ClH/c1-10(24)21-16-5-12(3-4-15(16)18)22-17(25)14-8-19-7-13(14)11-6-20-23(2)9-11;/h3-6,9,13-14,19H,7-8H2,1-2H3,(H,21,24)(H,22,25);1H/t13-,14+;/m1./s1. The molecule has 1 aliphatic rings. The Morgan fingerprint density at radius 2 is 2.08 bits per heavy atom. The van der Waals surface area contributed by atoms with E-state index in [4.69, 9.17) is 0 Å². The van der Waals surface area contributed by atoms with Crippen molar-refractivity contribution in [1.82, 2.24) is 15.1 Å². The van der Waals surface area contributed by atoms with Crippen molar-refractivity contribution in [3.63, 3.8) is 0 Å². The van der Waals surface area contributed by atoms with E-state index in [-0.39, 0.29) is 41.7 Å². The summed E-state index contributed by atoms with van der Waals surface area (Å²) in [6.07, 6.45) is 3.68. The van der Waals surface area contributed by atoms with E-state index in [9.17, 15) is 14.0 Å². The molecule has 0 saturated carbocycles. The van der Waals surface area contributed by atoms with E-state index in [1.807, 2.05) is 13.2 Å². The third-order valence-corrected chi connectivity index (χ3v) is 4.25. The fraction of sp³-hybridized carbons (Fsp3) is 0.353. The quantitative estimate of drug-likeness (QED) is 0.754. The van der Waals surface area contributed by atoms with Gasteiger partial charge in [-0.3, -0.25) is 14.3 Å². The molecule has 1 aliphatic heterocycles. The van der Waals surface area contributed by atoms with Crippen LogP contribution >= 0.6 is 12.4 Å². The molecule has 2 amide bonds. The molecular formula is C17H21ClFN5O2. The number of aromatic nitrogens is 2. The van der Waals surface area contributed by atoms with Crippen molar-refractivity contribution in [2.75, 3.05) is 23.7 Å². The van der Waals surface area contributed by atoms with Crippen molar-refractivity contribution >= 4 is 35.6 Å². The molecule has 0 radical (unpaired) electrons. The third-order valence-electron chi connectivity index (χ3n) is 4.25. The maximum Gasteiger partial charge on any atom is 0.229 e. The minimum absolute atomic E-state index is 0. The van der Waals surface area contributed by atoms with Crippen molar-refractivity contribution in [2.45, 2.75) is 12.8 Å². The van der Waals surface area contributed by atoms with E-state index in [2.05, 4.69) is 21.0 Å². The fourth-order valence-electron chi connectivity index (χ4n) is 3.06. The van der Waals surface area contributed by atoms with Crippen LogP contribution in [0.4, 0.5) is 15.8 Å². The Bertz CT molecular complexity index is 810. The first-order chi connectivity index (χ1) is 11.9. The van der Waals surface area contributed by atoms with Crippen LogP contribution in [0.5, 0.6) is 0 Å². The highest BCUT2D eigenvalue weighted by atomic mass is 35.5. The fourth-order valence-corrected chi connectivity index (χ4v) is 3.06. The molecule has 0 aliphatic carbocycles. The van der Waals surface area contributed by atoms with Crippen LogP contribution < -0.4 is 16.0 Å². The number of hydrogen-bond acceptors (Lipinski definition) is 4. The molecule has 2 heterocycles. The molecule has 2 aromatic rings.